The molecule has 2 heterocycles. The molecule has 6 heteroatoms. The van der Waals surface area contributed by atoms with Crippen LogP contribution in [0.15, 0.2) is 46.9 Å². The summed E-state index contributed by atoms with van der Waals surface area (Å²) in [6.45, 7) is 2.35. The van der Waals surface area contributed by atoms with E-state index in [1.54, 1.807) is 14.2 Å². The molecule has 2 aromatic carbocycles. The number of ketones is 1. The molecule has 1 aromatic heterocycles. The van der Waals surface area contributed by atoms with Crippen molar-refractivity contribution in [2.75, 3.05) is 20.8 Å². The highest BCUT2D eigenvalue weighted by molar-refractivity contribution is 6.03. The van der Waals surface area contributed by atoms with Crippen LogP contribution >= 0.6 is 0 Å². The van der Waals surface area contributed by atoms with Gasteiger partial charge in [-0.25, -0.2) is 0 Å². The number of benzene rings is 2. The lowest BCUT2D eigenvalue weighted by molar-refractivity contribution is 0.0658. The van der Waals surface area contributed by atoms with Gasteiger partial charge in [-0.2, -0.15) is 0 Å². The molecule has 3 aromatic rings. The lowest BCUT2D eigenvalue weighted by Crippen LogP contribution is -2.40. The zero-order chi connectivity index (χ0) is 23.1. The molecule has 0 spiro atoms. The number of hydrogen-bond donors (Lipinski definition) is 0. The molecule has 0 saturated heterocycles. The second-order valence-corrected chi connectivity index (χ2v) is 8.60. The van der Waals surface area contributed by atoms with Crippen LogP contribution in [-0.4, -0.2) is 37.4 Å². The highest BCUT2D eigenvalue weighted by Crippen LogP contribution is 2.42. The number of fused-ring (bicyclic) bond motifs is 2. The molecule has 5 rings (SSSR count). The van der Waals surface area contributed by atoms with Crippen molar-refractivity contribution < 1.29 is 23.5 Å². The molecule has 0 saturated carbocycles. The van der Waals surface area contributed by atoms with Crippen molar-refractivity contribution in [3.8, 4) is 11.5 Å². The number of carbonyl (C=O) groups is 2. The quantitative estimate of drug-likeness (QED) is 0.571. The van der Waals surface area contributed by atoms with Gasteiger partial charge in [0.1, 0.15) is 5.76 Å². The first-order chi connectivity index (χ1) is 16.0. The first-order valence-electron chi connectivity index (χ1n) is 11.3. The van der Waals surface area contributed by atoms with Crippen molar-refractivity contribution in [3.63, 3.8) is 0 Å². The summed E-state index contributed by atoms with van der Waals surface area (Å²) < 4.78 is 17.1. The molecular formula is C27H27NO5. The molecule has 1 aliphatic heterocycles. The number of amides is 1. The predicted molar refractivity (Wildman–Crippen MR) is 123 cm³/mol. The lowest BCUT2D eigenvalue weighted by Gasteiger charge is -2.38. The van der Waals surface area contributed by atoms with E-state index in [0.717, 1.165) is 23.1 Å². The van der Waals surface area contributed by atoms with Gasteiger partial charge in [0.15, 0.2) is 23.0 Å². The highest BCUT2D eigenvalue weighted by Gasteiger charge is 2.37. The Labute approximate surface area is 193 Å². The van der Waals surface area contributed by atoms with E-state index < -0.39 is 0 Å². The number of nitrogens with zero attached hydrogens (tertiary/aromatic N) is 1. The molecule has 0 radical (unpaired) electrons. The molecule has 0 N–H and O–H groups in total. The third-order valence-electron chi connectivity index (χ3n) is 6.75. The van der Waals surface area contributed by atoms with Gasteiger partial charge in [-0.05, 0) is 48.6 Å². The van der Waals surface area contributed by atoms with Gasteiger partial charge < -0.3 is 18.8 Å². The Bertz CT molecular complexity index is 1230. The third-order valence-corrected chi connectivity index (χ3v) is 6.75. The summed E-state index contributed by atoms with van der Waals surface area (Å²) in [6, 6.07) is 13.6. The smallest absolute Gasteiger partial charge is 0.290 e. The van der Waals surface area contributed by atoms with E-state index in [-0.39, 0.29) is 23.5 Å². The van der Waals surface area contributed by atoms with E-state index in [4.69, 9.17) is 13.9 Å². The van der Waals surface area contributed by atoms with E-state index in [0.29, 0.717) is 54.2 Å². The Morgan fingerprint density at radius 1 is 1.03 bits per heavy atom. The predicted octanol–water partition coefficient (Wildman–Crippen LogP) is 4.91. The average molecular weight is 446 g/mol. The molecular weight excluding hydrogens is 418 g/mol. The van der Waals surface area contributed by atoms with Gasteiger partial charge in [-0.3, -0.25) is 9.59 Å². The van der Waals surface area contributed by atoms with Gasteiger partial charge in [0, 0.05) is 24.9 Å². The Balaban J connectivity index is 1.62. The van der Waals surface area contributed by atoms with Crippen LogP contribution in [-0.2, 0) is 12.8 Å². The van der Waals surface area contributed by atoms with Gasteiger partial charge >= 0.3 is 0 Å². The maximum atomic E-state index is 13.9. The average Bonchev–Trinajstić information content (AvgIpc) is 3.19. The summed E-state index contributed by atoms with van der Waals surface area (Å²) in [6.07, 6.45) is 2.64. The second kappa shape index (κ2) is 8.43. The first-order valence-corrected chi connectivity index (χ1v) is 11.3. The van der Waals surface area contributed by atoms with Crippen LogP contribution in [0.25, 0.3) is 0 Å². The minimum absolute atomic E-state index is 0.0666. The van der Waals surface area contributed by atoms with Gasteiger partial charge in [-0.1, -0.05) is 30.3 Å². The number of hydrogen-bond acceptors (Lipinski definition) is 5. The van der Waals surface area contributed by atoms with Gasteiger partial charge in [0.25, 0.3) is 5.91 Å². The fourth-order valence-corrected chi connectivity index (χ4v) is 5.14. The molecule has 1 amide bonds. The normalized spacial score (nSPS) is 17.4. The van der Waals surface area contributed by atoms with Crippen molar-refractivity contribution in [2.45, 2.75) is 38.6 Å². The third kappa shape index (κ3) is 3.50. The highest BCUT2D eigenvalue weighted by atomic mass is 16.5. The topological polar surface area (TPSA) is 69.0 Å². The van der Waals surface area contributed by atoms with Crippen molar-refractivity contribution in [2.24, 2.45) is 0 Å². The van der Waals surface area contributed by atoms with E-state index in [9.17, 15) is 9.59 Å². The van der Waals surface area contributed by atoms with Crippen LogP contribution in [0.1, 0.15) is 67.8 Å². The number of furan rings is 1. The molecule has 0 fully saturated rings. The number of rotatable bonds is 4. The van der Waals surface area contributed by atoms with E-state index >= 15 is 0 Å². The Kier molecular flexibility index (Phi) is 5.44. The largest absolute Gasteiger partial charge is 0.493 e. The monoisotopic (exact) mass is 445 g/mol. The van der Waals surface area contributed by atoms with Crippen LogP contribution in [0.3, 0.4) is 0 Å². The summed E-state index contributed by atoms with van der Waals surface area (Å²) in [4.78, 5) is 28.2. The summed E-state index contributed by atoms with van der Waals surface area (Å²) in [5, 5.41) is 0. The van der Waals surface area contributed by atoms with E-state index in [1.165, 1.54) is 0 Å². The zero-order valence-electron chi connectivity index (χ0n) is 19.1. The first kappa shape index (κ1) is 21.3. The van der Waals surface area contributed by atoms with Crippen LogP contribution in [0.5, 0.6) is 11.5 Å². The van der Waals surface area contributed by atoms with Crippen LogP contribution in [0, 0.1) is 6.92 Å². The van der Waals surface area contributed by atoms with Crippen molar-refractivity contribution in [1.82, 2.24) is 4.90 Å². The van der Waals surface area contributed by atoms with Crippen molar-refractivity contribution in [1.29, 1.82) is 0 Å². The number of methoxy groups -OCH3 is 2. The maximum Gasteiger partial charge on any atom is 0.290 e. The maximum absolute atomic E-state index is 13.9. The molecule has 0 bridgehead atoms. The summed E-state index contributed by atoms with van der Waals surface area (Å²) in [7, 11) is 3.24. The van der Waals surface area contributed by atoms with Crippen LogP contribution in [0.4, 0.5) is 0 Å². The number of carbonyl (C=O) groups excluding carboxylic acids is 2. The fourth-order valence-electron chi connectivity index (χ4n) is 5.14. The van der Waals surface area contributed by atoms with Gasteiger partial charge in [0.05, 0.1) is 25.8 Å². The van der Waals surface area contributed by atoms with Crippen LogP contribution < -0.4 is 9.47 Å². The molecule has 170 valence electrons. The Morgan fingerprint density at radius 3 is 2.45 bits per heavy atom. The standard InChI is InChI=1S/C27H27NO5/c1-16-24-20(29)10-7-11-21(24)33-26(16)27(30)28-13-12-18-14-22(31-2)23(32-3)15-19(18)25(28)17-8-5-4-6-9-17/h4-6,8-9,14-15,25H,7,10-13H2,1-3H3. The van der Waals surface area contributed by atoms with E-state index in [1.807, 2.05) is 54.3 Å². The minimum atomic E-state index is -0.306. The minimum Gasteiger partial charge on any atom is -0.493 e. The van der Waals surface area contributed by atoms with E-state index in [2.05, 4.69) is 0 Å². The zero-order valence-corrected chi connectivity index (χ0v) is 19.1. The van der Waals surface area contributed by atoms with Crippen LogP contribution in [0.2, 0.25) is 0 Å². The summed E-state index contributed by atoms with van der Waals surface area (Å²) in [5.41, 5.74) is 4.39. The fraction of sp³-hybridized carbons (Fsp3) is 0.333. The molecule has 2 aliphatic rings. The van der Waals surface area contributed by atoms with Crippen molar-refractivity contribution >= 4 is 11.7 Å². The molecule has 33 heavy (non-hydrogen) atoms. The van der Waals surface area contributed by atoms with Crippen molar-refractivity contribution in [3.05, 3.63) is 81.8 Å². The molecule has 1 atom stereocenters. The molecule has 1 aliphatic carbocycles. The Hall–Kier alpha value is -3.54. The van der Waals surface area contributed by atoms with Gasteiger partial charge in [-0.15, -0.1) is 0 Å². The molecule has 1 unspecified atom stereocenters. The lowest BCUT2D eigenvalue weighted by atomic mass is 9.87. The number of Topliss-reactive ketones (excluding diaryl/α,β-unsaturated/α-hetero) is 1. The number of aryl methyl sites for hydroxylation is 1. The summed E-state index contributed by atoms with van der Waals surface area (Å²) >= 11 is 0. The number of ether oxygens (including phenoxy) is 2. The SMILES string of the molecule is COc1cc2c(cc1OC)C(c1ccccc1)N(C(=O)c1oc3c(c1C)C(=O)CCC3)CC2. The Morgan fingerprint density at radius 2 is 1.76 bits per heavy atom. The second-order valence-electron chi connectivity index (χ2n) is 8.60. The summed E-state index contributed by atoms with van der Waals surface area (Å²) in [5.74, 6) is 2.10. The molecule has 6 nitrogen and oxygen atoms in total. The van der Waals surface area contributed by atoms with Gasteiger partial charge in [0.2, 0.25) is 0 Å².